The van der Waals surface area contributed by atoms with Gasteiger partial charge in [-0.1, -0.05) is 18.2 Å². The topological polar surface area (TPSA) is 67.4 Å². The Morgan fingerprint density at radius 2 is 1.70 bits per heavy atom. The standard InChI is InChI=1S/C17H22N4O2/c1-11-15(12(2)19-17(18-11)21(4)5)20-16(22)13(3)23-14-9-7-6-8-10-14/h6-10,13H,1-5H3,(H,20,22). The summed E-state index contributed by atoms with van der Waals surface area (Å²) < 4.78 is 5.63. The van der Waals surface area contributed by atoms with Gasteiger partial charge in [-0.3, -0.25) is 4.79 Å². The van der Waals surface area contributed by atoms with Crippen LogP contribution in [0.2, 0.25) is 0 Å². The molecular weight excluding hydrogens is 292 g/mol. The second-order valence-corrected chi connectivity index (χ2v) is 5.53. The normalized spacial score (nSPS) is 11.7. The summed E-state index contributed by atoms with van der Waals surface area (Å²) in [6.07, 6.45) is -0.621. The van der Waals surface area contributed by atoms with E-state index in [2.05, 4.69) is 15.3 Å². The third-order valence-corrected chi connectivity index (χ3v) is 3.33. The van der Waals surface area contributed by atoms with Gasteiger partial charge in [-0.2, -0.15) is 0 Å². The lowest BCUT2D eigenvalue weighted by Gasteiger charge is -2.18. The third kappa shape index (κ3) is 4.18. The Morgan fingerprint density at radius 1 is 1.13 bits per heavy atom. The lowest BCUT2D eigenvalue weighted by Crippen LogP contribution is -2.31. The van der Waals surface area contributed by atoms with Crippen LogP contribution in [0.1, 0.15) is 18.3 Å². The van der Waals surface area contributed by atoms with Gasteiger partial charge in [0.15, 0.2) is 6.10 Å². The van der Waals surface area contributed by atoms with E-state index in [4.69, 9.17) is 4.74 Å². The van der Waals surface area contributed by atoms with Gasteiger partial charge in [0.1, 0.15) is 5.75 Å². The maximum atomic E-state index is 12.3. The van der Waals surface area contributed by atoms with Crippen LogP contribution >= 0.6 is 0 Å². The molecule has 0 saturated heterocycles. The smallest absolute Gasteiger partial charge is 0.265 e. The predicted octanol–water partition coefficient (Wildman–Crippen LogP) is 2.57. The van der Waals surface area contributed by atoms with Gasteiger partial charge >= 0.3 is 0 Å². The molecule has 23 heavy (non-hydrogen) atoms. The zero-order chi connectivity index (χ0) is 17.0. The summed E-state index contributed by atoms with van der Waals surface area (Å²) in [5, 5.41) is 2.86. The molecule has 0 fully saturated rings. The molecule has 6 nitrogen and oxygen atoms in total. The number of ether oxygens (including phenoxy) is 1. The van der Waals surface area contributed by atoms with E-state index < -0.39 is 6.10 Å². The molecule has 1 heterocycles. The van der Waals surface area contributed by atoms with Crippen molar-refractivity contribution in [3.8, 4) is 5.75 Å². The lowest BCUT2D eigenvalue weighted by molar-refractivity contribution is -0.122. The van der Waals surface area contributed by atoms with Crippen molar-refractivity contribution in [2.24, 2.45) is 0 Å². The molecule has 0 spiro atoms. The van der Waals surface area contributed by atoms with Gasteiger partial charge in [-0.25, -0.2) is 9.97 Å². The first-order valence-corrected chi connectivity index (χ1v) is 7.43. The van der Waals surface area contributed by atoms with Gasteiger partial charge in [-0.15, -0.1) is 0 Å². The highest BCUT2D eigenvalue weighted by Gasteiger charge is 2.18. The van der Waals surface area contributed by atoms with Gasteiger partial charge in [0.2, 0.25) is 5.95 Å². The highest BCUT2D eigenvalue weighted by atomic mass is 16.5. The molecular formula is C17H22N4O2. The van der Waals surface area contributed by atoms with E-state index in [0.717, 1.165) is 11.4 Å². The summed E-state index contributed by atoms with van der Waals surface area (Å²) in [5.74, 6) is 1.04. The van der Waals surface area contributed by atoms with Crippen molar-refractivity contribution in [3.63, 3.8) is 0 Å². The van der Waals surface area contributed by atoms with Crippen LogP contribution in [0, 0.1) is 13.8 Å². The molecule has 1 aromatic carbocycles. The van der Waals surface area contributed by atoms with E-state index in [0.29, 0.717) is 17.4 Å². The van der Waals surface area contributed by atoms with Crippen LogP contribution in [0.4, 0.5) is 11.6 Å². The van der Waals surface area contributed by atoms with E-state index in [1.165, 1.54) is 0 Å². The van der Waals surface area contributed by atoms with Crippen molar-refractivity contribution in [3.05, 3.63) is 41.7 Å². The van der Waals surface area contributed by atoms with E-state index >= 15 is 0 Å². The molecule has 0 aliphatic rings. The molecule has 0 bridgehead atoms. The van der Waals surface area contributed by atoms with Crippen LogP contribution in [0.25, 0.3) is 0 Å². The predicted molar refractivity (Wildman–Crippen MR) is 91.0 cm³/mol. The summed E-state index contributed by atoms with van der Waals surface area (Å²) in [7, 11) is 3.75. The van der Waals surface area contributed by atoms with Crippen LogP contribution in [-0.4, -0.2) is 36.1 Å². The summed E-state index contributed by atoms with van der Waals surface area (Å²) in [4.78, 5) is 22.9. The Bertz CT molecular complexity index is 663. The summed E-state index contributed by atoms with van der Waals surface area (Å²) >= 11 is 0. The van der Waals surface area contributed by atoms with Crippen LogP contribution in [0.5, 0.6) is 5.75 Å². The highest BCUT2D eigenvalue weighted by Crippen LogP contribution is 2.20. The van der Waals surface area contributed by atoms with E-state index in [9.17, 15) is 4.79 Å². The molecule has 1 amide bonds. The minimum atomic E-state index is -0.621. The Kier molecular flexibility index (Phi) is 5.16. The van der Waals surface area contributed by atoms with Crippen molar-refractivity contribution in [1.29, 1.82) is 0 Å². The quantitative estimate of drug-likeness (QED) is 0.918. The first kappa shape index (κ1) is 16.7. The molecule has 0 saturated carbocycles. The lowest BCUT2D eigenvalue weighted by atomic mass is 10.2. The number of benzene rings is 1. The summed E-state index contributed by atoms with van der Waals surface area (Å²) in [6.45, 7) is 5.40. The first-order valence-electron chi connectivity index (χ1n) is 7.43. The van der Waals surface area contributed by atoms with Gasteiger partial charge in [-0.05, 0) is 32.9 Å². The second-order valence-electron chi connectivity index (χ2n) is 5.53. The number of nitrogens with zero attached hydrogens (tertiary/aromatic N) is 3. The molecule has 2 rings (SSSR count). The minimum absolute atomic E-state index is 0.235. The van der Waals surface area contributed by atoms with Gasteiger partial charge in [0.25, 0.3) is 5.91 Å². The number of carbonyl (C=O) groups excluding carboxylic acids is 1. The number of rotatable bonds is 5. The number of amides is 1. The number of aryl methyl sites for hydroxylation is 2. The monoisotopic (exact) mass is 314 g/mol. The molecule has 1 aromatic heterocycles. The Hall–Kier alpha value is -2.63. The second kappa shape index (κ2) is 7.09. The zero-order valence-corrected chi connectivity index (χ0v) is 14.1. The van der Waals surface area contributed by atoms with Crippen molar-refractivity contribution in [1.82, 2.24) is 9.97 Å². The Balaban J connectivity index is 2.11. The average Bonchev–Trinajstić information content (AvgIpc) is 2.51. The summed E-state index contributed by atoms with van der Waals surface area (Å²) in [6, 6.07) is 9.25. The van der Waals surface area contributed by atoms with Gasteiger partial charge in [0.05, 0.1) is 17.1 Å². The van der Waals surface area contributed by atoms with Crippen molar-refractivity contribution < 1.29 is 9.53 Å². The van der Waals surface area contributed by atoms with Crippen LogP contribution in [-0.2, 0) is 4.79 Å². The largest absolute Gasteiger partial charge is 0.481 e. The number of aromatic nitrogens is 2. The Morgan fingerprint density at radius 3 is 2.22 bits per heavy atom. The fourth-order valence-electron chi connectivity index (χ4n) is 2.06. The van der Waals surface area contributed by atoms with Crippen molar-refractivity contribution in [2.45, 2.75) is 26.9 Å². The number of carbonyl (C=O) groups is 1. The first-order chi connectivity index (χ1) is 10.9. The van der Waals surface area contributed by atoms with Crippen molar-refractivity contribution in [2.75, 3.05) is 24.3 Å². The van der Waals surface area contributed by atoms with E-state index in [1.807, 2.05) is 63.2 Å². The number of nitrogens with one attached hydrogen (secondary N) is 1. The molecule has 1 N–H and O–H groups in total. The van der Waals surface area contributed by atoms with Crippen LogP contribution < -0.4 is 15.0 Å². The molecule has 6 heteroatoms. The third-order valence-electron chi connectivity index (χ3n) is 3.33. The number of anilines is 2. The fourth-order valence-corrected chi connectivity index (χ4v) is 2.06. The molecule has 1 unspecified atom stereocenters. The molecule has 1 atom stereocenters. The average molecular weight is 314 g/mol. The van der Waals surface area contributed by atoms with Crippen LogP contribution in [0.15, 0.2) is 30.3 Å². The molecule has 0 aliphatic carbocycles. The highest BCUT2D eigenvalue weighted by molar-refractivity contribution is 5.95. The number of hydrogen-bond donors (Lipinski definition) is 1. The maximum absolute atomic E-state index is 12.3. The zero-order valence-electron chi connectivity index (χ0n) is 14.1. The Labute approximate surface area is 136 Å². The van der Waals surface area contributed by atoms with Crippen LogP contribution in [0.3, 0.4) is 0 Å². The van der Waals surface area contributed by atoms with Crippen molar-refractivity contribution >= 4 is 17.5 Å². The SMILES string of the molecule is Cc1nc(N(C)C)nc(C)c1NC(=O)C(C)Oc1ccccc1. The minimum Gasteiger partial charge on any atom is -0.481 e. The fraction of sp³-hybridized carbons (Fsp3) is 0.353. The van der Waals surface area contributed by atoms with E-state index in [1.54, 1.807) is 6.92 Å². The maximum Gasteiger partial charge on any atom is 0.265 e. The number of para-hydroxylation sites is 1. The summed E-state index contributed by atoms with van der Waals surface area (Å²) in [5.41, 5.74) is 2.08. The number of hydrogen-bond acceptors (Lipinski definition) is 5. The van der Waals surface area contributed by atoms with Gasteiger partial charge in [0, 0.05) is 14.1 Å². The molecule has 0 radical (unpaired) electrons. The van der Waals surface area contributed by atoms with Gasteiger partial charge < -0.3 is 15.0 Å². The van der Waals surface area contributed by atoms with E-state index in [-0.39, 0.29) is 5.91 Å². The molecule has 0 aliphatic heterocycles. The molecule has 122 valence electrons. The molecule has 2 aromatic rings.